The molecule has 0 spiro atoms. The van der Waals surface area contributed by atoms with Gasteiger partial charge in [-0.15, -0.1) is 0 Å². The molecule has 0 bridgehead atoms. The molecular weight excluding hydrogens is 334 g/mol. The number of hydrogen-bond donors (Lipinski definition) is 2. The standard InChI is InChI=1S/C19H17N3O4/c23-18-17(21-19(24)25)20-11-13-7-4-8-15-16(13)22(18)14(9-10-26-15)12-5-2-1-3-6-12/h1-8,11,14,17,21H,9-10H2,(H,24,25). The number of aliphatic imine (C=N–C) groups is 1. The Kier molecular flexibility index (Phi) is 4.04. The second kappa shape index (κ2) is 6.51. The number of nitrogens with zero attached hydrogens (tertiary/aromatic N) is 2. The van der Waals surface area contributed by atoms with Gasteiger partial charge in [0.05, 0.1) is 18.3 Å². The molecule has 26 heavy (non-hydrogen) atoms. The average Bonchev–Trinajstić information content (AvgIpc) is 2.92. The third kappa shape index (κ3) is 2.77. The average molecular weight is 351 g/mol. The molecule has 2 heterocycles. The zero-order valence-corrected chi connectivity index (χ0v) is 13.8. The van der Waals surface area contributed by atoms with Crippen molar-refractivity contribution >= 4 is 23.9 Å². The number of carbonyl (C=O) groups excluding carboxylic acids is 1. The molecule has 2 aliphatic heterocycles. The van der Waals surface area contributed by atoms with E-state index in [0.29, 0.717) is 30.0 Å². The van der Waals surface area contributed by atoms with E-state index in [2.05, 4.69) is 10.3 Å². The Morgan fingerprint density at radius 3 is 2.77 bits per heavy atom. The summed E-state index contributed by atoms with van der Waals surface area (Å²) in [6.45, 7) is 0.452. The van der Waals surface area contributed by atoms with Gasteiger partial charge < -0.3 is 9.84 Å². The minimum atomic E-state index is -1.30. The normalized spacial score (nSPS) is 21.2. The molecule has 0 aliphatic carbocycles. The number of para-hydroxylation sites is 1. The van der Waals surface area contributed by atoms with E-state index >= 15 is 0 Å². The highest BCUT2D eigenvalue weighted by Crippen LogP contribution is 2.42. The minimum Gasteiger partial charge on any atom is -0.491 e. The number of amides is 2. The summed E-state index contributed by atoms with van der Waals surface area (Å²) in [5.41, 5.74) is 2.30. The van der Waals surface area contributed by atoms with Gasteiger partial charge in [-0.1, -0.05) is 42.5 Å². The Bertz CT molecular complexity index is 882. The fourth-order valence-electron chi connectivity index (χ4n) is 3.40. The first-order valence-electron chi connectivity index (χ1n) is 8.31. The van der Waals surface area contributed by atoms with Gasteiger partial charge in [0.2, 0.25) is 6.17 Å². The topological polar surface area (TPSA) is 91.2 Å². The highest BCUT2D eigenvalue weighted by Gasteiger charge is 2.38. The van der Waals surface area contributed by atoms with Crippen molar-refractivity contribution in [2.75, 3.05) is 11.5 Å². The van der Waals surface area contributed by atoms with Gasteiger partial charge in [0.25, 0.3) is 5.91 Å². The molecule has 4 rings (SSSR count). The predicted molar refractivity (Wildman–Crippen MR) is 95.8 cm³/mol. The van der Waals surface area contributed by atoms with E-state index < -0.39 is 18.2 Å². The summed E-state index contributed by atoms with van der Waals surface area (Å²) in [5.74, 6) is 0.172. The van der Waals surface area contributed by atoms with Crippen molar-refractivity contribution in [2.24, 2.45) is 4.99 Å². The van der Waals surface area contributed by atoms with Crippen LogP contribution in [-0.4, -0.2) is 36.1 Å². The van der Waals surface area contributed by atoms with E-state index in [9.17, 15) is 9.59 Å². The summed E-state index contributed by atoms with van der Waals surface area (Å²) >= 11 is 0. The highest BCUT2D eigenvalue weighted by molar-refractivity contribution is 6.07. The van der Waals surface area contributed by atoms with Gasteiger partial charge in [-0.05, 0) is 11.6 Å². The first-order valence-corrected chi connectivity index (χ1v) is 8.31. The lowest BCUT2D eigenvalue weighted by atomic mass is 10.0. The smallest absolute Gasteiger partial charge is 0.406 e. The van der Waals surface area contributed by atoms with Crippen LogP contribution in [-0.2, 0) is 4.79 Å². The third-order valence-electron chi connectivity index (χ3n) is 4.51. The van der Waals surface area contributed by atoms with E-state index in [0.717, 1.165) is 5.56 Å². The Balaban J connectivity index is 1.88. The van der Waals surface area contributed by atoms with E-state index in [1.165, 1.54) is 6.21 Å². The summed E-state index contributed by atoms with van der Waals surface area (Å²) in [6, 6.07) is 14.9. The van der Waals surface area contributed by atoms with Crippen LogP contribution < -0.4 is 15.0 Å². The molecule has 2 unspecified atom stereocenters. The number of hydrogen-bond acceptors (Lipinski definition) is 4. The Morgan fingerprint density at radius 1 is 1.19 bits per heavy atom. The molecule has 0 saturated heterocycles. The van der Waals surface area contributed by atoms with Gasteiger partial charge in [0, 0.05) is 18.2 Å². The zero-order chi connectivity index (χ0) is 18.1. The van der Waals surface area contributed by atoms with Crippen molar-refractivity contribution in [1.29, 1.82) is 0 Å². The third-order valence-corrected chi connectivity index (χ3v) is 4.51. The number of rotatable bonds is 2. The van der Waals surface area contributed by atoms with Crippen molar-refractivity contribution in [1.82, 2.24) is 5.32 Å². The van der Waals surface area contributed by atoms with Gasteiger partial charge in [-0.3, -0.25) is 20.0 Å². The molecule has 0 aromatic heterocycles. The molecule has 2 amide bonds. The van der Waals surface area contributed by atoms with E-state index in [4.69, 9.17) is 9.84 Å². The van der Waals surface area contributed by atoms with Crippen LogP contribution in [0, 0.1) is 0 Å². The fourth-order valence-corrected chi connectivity index (χ4v) is 3.40. The lowest BCUT2D eigenvalue weighted by Gasteiger charge is -2.32. The second-order valence-electron chi connectivity index (χ2n) is 6.10. The maximum Gasteiger partial charge on any atom is 0.406 e. The summed E-state index contributed by atoms with van der Waals surface area (Å²) in [6.07, 6.45) is -0.386. The molecule has 2 atom stereocenters. The molecule has 7 heteroatoms. The number of carboxylic acid groups (broad SMARTS) is 1. The number of carbonyl (C=O) groups is 2. The van der Waals surface area contributed by atoms with Gasteiger partial charge in [-0.2, -0.15) is 0 Å². The fraction of sp³-hybridized carbons (Fsp3) is 0.211. The Labute approximate surface area is 149 Å². The summed E-state index contributed by atoms with van der Waals surface area (Å²) < 4.78 is 5.87. The van der Waals surface area contributed by atoms with Crippen molar-refractivity contribution < 1.29 is 19.4 Å². The molecule has 2 aromatic carbocycles. The van der Waals surface area contributed by atoms with Crippen molar-refractivity contribution in [3.05, 3.63) is 59.7 Å². The number of ether oxygens (including phenoxy) is 1. The van der Waals surface area contributed by atoms with Crippen molar-refractivity contribution in [2.45, 2.75) is 18.6 Å². The van der Waals surface area contributed by atoms with Crippen LogP contribution in [0.1, 0.15) is 23.6 Å². The van der Waals surface area contributed by atoms with Gasteiger partial charge >= 0.3 is 6.09 Å². The molecule has 2 aliphatic rings. The van der Waals surface area contributed by atoms with Crippen LogP contribution in [0.2, 0.25) is 0 Å². The molecule has 0 saturated carbocycles. The molecule has 2 N–H and O–H groups in total. The molecule has 132 valence electrons. The molecule has 2 aromatic rings. The lowest BCUT2D eigenvalue weighted by molar-refractivity contribution is -0.120. The van der Waals surface area contributed by atoms with Crippen molar-refractivity contribution in [3.63, 3.8) is 0 Å². The minimum absolute atomic E-state index is 0.272. The monoisotopic (exact) mass is 351 g/mol. The Hall–Kier alpha value is -3.35. The van der Waals surface area contributed by atoms with Crippen LogP contribution in [0.15, 0.2) is 53.5 Å². The summed E-state index contributed by atoms with van der Waals surface area (Å²) in [7, 11) is 0. The van der Waals surface area contributed by atoms with Gasteiger partial charge in [0.15, 0.2) is 0 Å². The van der Waals surface area contributed by atoms with Gasteiger partial charge in [-0.25, -0.2) is 4.79 Å². The predicted octanol–water partition coefficient (Wildman–Crippen LogP) is 2.57. The quantitative estimate of drug-likeness (QED) is 0.870. The first kappa shape index (κ1) is 16.1. The summed E-state index contributed by atoms with van der Waals surface area (Å²) in [4.78, 5) is 30.1. The maximum absolute atomic E-state index is 13.2. The van der Waals surface area contributed by atoms with Crippen LogP contribution in [0.5, 0.6) is 5.75 Å². The first-order chi connectivity index (χ1) is 12.6. The molecule has 0 radical (unpaired) electrons. The number of benzene rings is 2. The van der Waals surface area contributed by atoms with Crippen LogP contribution >= 0.6 is 0 Å². The molecular formula is C19H17N3O4. The van der Waals surface area contributed by atoms with E-state index in [1.807, 2.05) is 48.5 Å². The lowest BCUT2D eigenvalue weighted by Crippen LogP contribution is -2.48. The van der Waals surface area contributed by atoms with E-state index in [-0.39, 0.29) is 6.04 Å². The zero-order valence-electron chi connectivity index (χ0n) is 13.8. The van der Waals surface area contributed by atoms with Crippen LogP contribution in [0.4, 0.5) is 10.5 Å². The molecule has 0 fully saturated rings. The second-order valence-corrected chi connectivity index (χ2v) is 6.10. The number of nitrogens with one attached hydrogen (secondary N) is 1. The SMILES string of the molecule is O=C(O)NC1N=Cc2cccc3c2N(C1=O)C(c1ccccc1)CCO3. The number of anilines is 1. The van der Waals surface area contributed by atoms with E-state index in [1.54, 1.807) is 4.90 Å². The van der Waals surface area contributed by atoms with Gasteiger partial charge in [0.1, 0.15) is 5.75 Å². The van der Waals surface area contributed by atoms with Crippen molar-refractivity contribution in [3.8, 4) is 5.75 Å². The van der Waals surface area contributed by atoms with Crippen LogP contribution in [0.3, 0.4) is 0 Å². The maximum atomic E-state index is 13.2. The summed E-state index contributed by atoms with van der Waals surface area (Å²) in [5, 5.41) is 11.3. The molecule has 7 nitrogen and oxygen atoms in total. The highest BCUT2D eigenvalue weighted by atomic mass is 16.5. The van der Waals surface area contributed by atoms with Crippen LogP contribution in [0.25, 0.3) is 0 Å². The largest absolute Gasteiger partial charge is 0.491 e. The Morgan fingerprint density at radius 2 is 2.00 bits per heavy atom.